The van der Waals surface area contributed by atoms with E-state index in [9.17, 15) is 4.79 Å². The largest absolute Gasteiger partial charge is 0.459 e. The van der Waals surface area contributed by atoms with Crippen LogP contribution in [0, 0.1) is 6.92 Å². The Morgan fingerprint density at radius 3 is 2.62 bits per heavy atom. The van der Waals surface area contributed by atoms with Crippen molar-refractivity contribution >= 4 is 22.8 Å². The fourth-order valence-corrected chi connectivity index (χ4v) is 3.71. The summed E-state index contributed by atoms with van der Waals surface area (Å²) in [5, 5.41) is 5.08. The number of carbonyl (C=O) groups is 1. The molecule has 146 valence electrons. The number of anilines is 1. The molecule has 1 amide bonds. The quantitative estimate of drug-likeness (QED) is 0.532. The van der Waals surface area contributed by atoms with Crippen molar-refractivity contribution in [2.75, 3.05) is 31.1 Å². The van der Waals surface area contributed by atoms with Gasteiger partial charge in [0, 0.05) is 31.7 Å². The summed E-state index contributed by atoms with van der Waals surface area (Å²) in [6.07, 6.45) is 3.00. The molecule has 8 nitrogen and oxygen atoms in total. The summed E-state index contributed by atoms with van der Waals surface area (Å²) in [4.78, 5) is 25.2. The highest BCUT2D eigenvalue weighted by Crippen LogP contribution is 2.34. The van der Waals surface area contributed by atoms with Crippen LogP contribution in [-0.2, 0) is 0 Å². The fraction of sp³-hybridized carbons (Fsp3) is 0.238. The van der Waals surface area contributed by atoms with Gasteiger partial charge in [0.15, 0.2) is 5.76 Å². The number of piperazine rings is 1. The first-order chi connectivity index (χ1) is 14.2. The lowest BCUT2D eigenvalue weighted by Gasteiger charge is -2.35. The van der Waals surface area contributed by atoms with Gasteiger partial charge in [-0.3, -0.25) is 4.79 Å². The van der Waals surface area contributed by atoms with Gasteiger partial charge in [0.25, 0.3) is 11.6 Å². The molecule has 4 heterocycles. The topological polar surface area (TPSA) is 88.5 Å². The maximum atomic E-state index is 12.5. The molecule has 1 aromatic carbocycles. The summed E-state index contributed by atoms with van der Waals surface area (Å²) in [6.45, 7) is 4.50. The van der Waals surface area contributed by atoms with E-state index in [1.54, 1.807) is 17.0 Å². The number of furan rings is 1. The number of hydrogen-bond donors (Lipinski definition) is 0. The average molecular weight is 389 g/mol. The molecule has 29 heavy (non-hydrogen) atoms. The Hall–Kier alpha value is -3.68. The second-order valence-corrected chi connectivity index (χ2v) is 6.98. The molecular weight excluding hydrogens is 370 g/mol. The molecule has 0 radical (unpaired) electrons. The number of carbonyl (C=O) groups excluding carboxylic acids is 1. The Morgan fingerprint density at radius 1 is 1.03 bits per heavy atom. The van der Waals surface area contributed by atoms with Gasteiger partial charge in [0.2, 0.25) is 0 Å². The van der Waals surface area contributed by atoms with Crippen molar-refractivity contribution < 1.29 is 13.7 Å². The minimum atomic E-state index is -0.0898. The monoisotopic (exact) mass is 389 g/mol. The molecule has 5 rings (SSSR count). The Morgan fingerprint density at radius 2 is 1.86 bits per heavy atom. The van der Waals surface area contributed by atoms with E-state index in [1.807, 2.05) is 31.2 Å². The molecule has 0 aliphatic carbocycles. The molecule has 4 aromatic rings. The van der Waals surface area contributed by atoms with E-state index in [4.69, 9.17) is 8.94 Å². The molecule has 1 aliphatic heterocycles. The predicted octanol–water partition coefficient (Wildman–Crippen LogP) is 3.15. The molecule has 8 heteroatoms. The second kappa shape index (κ2) is 7.05. The molecule has 0 atom stereocenters. The van der Waals surface area contributed by atoms with Gasteiger partial charge in [-0.2, -0.15) is 4.98 Å². The molecule has 0 bridgehead atoms. The lowest BCUT2D eigenvalue weighted by molar-refractivity contribution is 0.0714. The molecular formula is C21H19N5O3. The van der Waals surface area contributed by atoms with Crippen LogP contribution < -0.4 is 4.90 Å². The Kier molecular flexibility index (Phi) is 4.23. The maximum Gasteiger partial charge on any atom is 0.289 e. The predicted molar refractivity (Wildman–Crippen MR) is 107 cm³/mol. The lowest BCUT2D eigenvalue weighted by Crippen LogP contribution is -2.49. The Labute approximate surface area is 166 Å². The van der Waals surface area contributed by atoms with Crippen molar-refractivity contribution in [2.24, 2.45) is 0 Å². The minimum Gasteiger partial charge on any atom is -0.459 e. The number of aromatic nitrogens is 3. The van der Waals surface area contributed by atoms with Crippen molar-refractivity contribution in [2.45, 2.75) is 6.92 Å². The summed E-state index contributed by atoms with van der Waals surface area (Å²) >= 11 is 0. The van der Waals surface area contributed by atoms with Crippen LogP contribution in [0.15, 0.2) is 57.9 Å². The normalized spacial score (nSPS) is 14.5. The standard InChI is InChI=1S/C21H19N5O3/c1-14-5-2-3-6-15(14)18-17-19(22-13-23-20(17)29-24-18)25-8-10-26(11-9-25)21(27)16-7-4-12-28-16/h2-7,12-13H,8-11H2,1H3. The van der Waals surface area contributed by atoms with Gasteiger partial charge in [0.05, 0.1) is 6.26 Å². The van der Waals surface area contributed by atoms with Gasteiger partial charge in [-0.05, 0) is 24.6 Å². The molecule has 0 saturated carbocycles. The van der Waals surface area contributed by atoms with Crippen molar-refractivity contribution in [1.29, 1.82) is 0 Å². The highest BCUT2D eigenvalue weighted by atomic mass is 16.5. The molecule has 0 unspecified atom stereocenters. The average Bonchev–Trinajstić information content (AvgIpc) is 3.44. The zero-order valence-electron chi connectivity index (χ0n) is 15.9. The van der Waals surface area contributed by atoms with E-state index in [2.05, 4.69) is 20.0 Å². The van der Waals surface area contributed by atoms with Gasteiger partial charge in [-0.1, -0.05) is 29.4 Å². The lowest BCUT2D eigenvalue weighted by atomic mass is 10.0. The fourth-order valence-electron chi connectivity index (χ4n) is 3.71. The van der Waals surface area contributed by atoms with Gasteiger partial charge in [-0.25, -0.2) is 4.98 Å². The first-order valence-corrected chi connectivity index (χ1v) is 9.46. The first-order valence-electron chi connectivity index (χ1n) is 9.46. The van der Waals surface area contributed by atoms with Crippen molar-refractivity contribution in [1.82, 2.24) is 20.0 Å². The zero-order valence-corrected chi connectivity index (χ0v) is 15.9. The van der Waals surface area contributed by atoms with Gasteiger partial charge in [0.1, 0.15) is 23.2 Å². The third-order valence-corrected chi connectivity index (χ3v) is 5.25. The van der Waals surface area contributed by atoms with Crippen LogP contribution in [0.4, 0.5) is 5.82 Å². The molecule has 0 N–H and O–H groups in total. The minimum absolute atomic E-state index is 0.0898. The van der Waals surface area contributed by atoms with Crippen LogP contribution in [0.2, 0.25) is 0 Å². The Bertz CT molecular complexity index is 1160. The maximum absolute atomic E-state index is 12.5. The van der Waals surface area contributed by atoms with E-state index < -0.39 is 0 Å². The van der Waals surface area contributed by atoms with Crippen molar-refractivity contribution in [3.63, 3.8) is 0 Å². The molecule has 3 aromatic heterocycles. The molecule has 1 saturated heterocycles. The number of rotatable bonds is 3. The third-order valence-electron chi connectivity index (χ3n) is 5.25. The third kappa shape index (κ3) is 3.02. The van der Waals surface area contributed by atoms with Crippen LogP contribution in [-0.4, -0.2) is 52.1 Å². The van der Waals surface area contributed by atoms with Crippen LogP contribution >= 0.6 is 0 Å². The smallest absolute Gasteiger partial charge is 0.289 e. The number of benzene rings is 1. The summed E-state index contributed by atoms with van der Waals surface area (Å²) in [6, 6.07) is 11.4. The number of nitrogens with zero attached hydrogens (tertiary/aromatic N) is 5. The van der Waals surface area contributed by atoms with E-state index in [1.165, 1.54) is 12.6 Å². The summed E-state index contributed by atoms with van der Waals surface area (Å²) in [5.41, 5.74) is 3.30. The van der Waals surface area contributed by atoms with Crippen LogP contribution in [0.25, 0.3) is 22.4 Å². The number of fused-ring (bicyclic) bond motifs is 1. The van der Waals surface area contributed by atoms with Crippen molar-refractivity contribution in [3.05, 3.63) is 60.3 Å². The zero-order chi connectivity index (χ0) is 19.8. The SMILES string of the molecule is Cc1ccccc1-c1noc2ncnc(N3CCN(C(=O)c4ccco4)CC3)c12. The number of amides is 1. The summed E-state index contributed by atoms with van der Waals surface area (Å²) in [7, 11) is 0. The molecule has 1 fully saturated rings. The van der Waals surface area contributed by atoms with E-state index in [0.29, 0.717) is 37.7 Å². The highest BCUT2D eigenvalue weighted by Gasteiger charge is 2.27. The Balaban J connectivity index is 1.45. The van der Waals surface area contributed by atoms with E-state index >= 15 is 0 Å². The molecule has 1 aliphatic rings. The second-order valence-electron chi connectivity index (χ2n) is 6.98. The molecule has 0 spiro atoms. The summed E-state index contributed by atoms with van der Waals surface area (Å²) in [5.74, 6) is 1.05. The van der Waals surface area contributed by atoms with Gasteiger partial charge in [-0.15, -0.1) is 0 Å². The van der Waals surface area contributed by atoms with Crippen molar-refractivity contribution in [3.8, 4) is 11.3 Å². The first kappa shape index (κ1) is 17.4. The number of hydrogen-bond acceptors (Lipinski definition) is 7. The number of aryl methyl sites for hydroxylation is 1. The van der Waals surface area contributed by atoms with Crippen LogP contribution in [0.1, 0.15) is 16.1 Å². The van der Waals surface area contributed by atoms with E-state index in [0.717, 1.165) is 28.0 Å². The van der Waals surface area contributed by atoms with Gasteiger partial charge >= 0.3 is 0 Å². The summed E-state index contributed by atoms with van der Waals surface area (Å²) < 4.78 is 10.7. The van der Waals surface area contributed by atoms with Crippen LogP contribution in [0.3, 0.4) is 0 Å². The van der Waals surface area contributed by atoms with Crippen LogP contribution in [0.5, 0.6) is 0 Å². The van der Waals surface area contributed by atoms with Gasteiger partial charge < -0.3 is 18.7 Å². The van der Waals surface area contributed by atoms with E-state index in [-0.39, 0.29) is 5.91 Å². The highest BCUT2D eigenvalue weighted by molar-refractivity contribution is 5.98.